The Morgan fingerprint density at radius 1 is 1.40 bits per heavy atom. The maximum absolute atomic E-state index is 13.8. The number of halogens is 2. The van der Waals surface area contributed by atoms with Crippen molar-refractivity contribution in [2.75, 3.05) is 13.6 Å². The van der Waals surface area contributed by atoms with E-state index in [1.165, 1.54) is 10.4 Å². The molecule has 114 valence electrons. The number of nitrogens with zero attached hydrogens (tertiary/aromatic N) is 1. The molecule has 1 aromatic carbocycles. The molecule has 0 unspecified atom stereocenters. The average Bonchev–Trinajstić information content (AvgIpc) is 2.34. The molecule has 0 fully saturated rings. The van der Waals surface area contributed by atoms with Crippen LogP contribution in [-0.2, 0) is 16.6 Å². The summed E-state index contributed by atoms with van der Waals surface area (Å²) in [5.41, 5.74) is 0.424. The highest BCUT2D eigenvalue weighted by Crippen LogP contribution is 2.27. The number of hydrogen-bond acceptors (Lipinski definition) is 3. The van der Waals surface area contributed by atoms with Gasteiger partial charge >= 0.3 is 0 Å². The Bertz CT molecular complexity index is 576. The number of hydrogen-bond donors (Lipinski definition) is 1. The van der Waals surface area contributed by atoms with E-state index in [-0.39, 0.29) is 16.0 Å². The van der Waals surface area contributed by atoms with Gasteiger partial charge in [-0.25, -0.2) is 12.8 Å². The summed E-state index contributed by atoms with van der Waals surface area (Å²) in [5, 5.41) is 2.79. The predicted octanol–water partition coefficient (Wildman–Crippen LogP) is 2.62. The minimum absolute atomic E-state index is 0.0501. The van der Waals surface area contributed by atoms with E-state index < -0.39 is 15.8 Å². The maximum atomic E-state index is 13.8. The smallest absolute Gasteiger partial charge is 0.243 e. The van der Waals surface area contributed by atoms with E-state index in [4.69, 9.17) is 11.6 Å². The molecule has 0 bridgehead atoms. The number of benzene rings is 1. The van der Waals surface area contributed by atoms with Gasteiger partial charge in [-0.05, 0) is 38.6 Å². The van der Waals surface area contributed by atoms with Crippen molar-refractivity contribution in [3.8, 4) is 0 Å². The largest absolute Gasteiger partial charge is 0.316 e. The van der Waals surface area contributed by atoms with Gasteiger partial charge in [0.15, 0.2) is 0 Å². The Hall–Kier alpha value is -0.690. The van der Waals surface area contributed by atoms with Crippen LogP contribution in [0.5, 0.6) is 0 Å². The summed E-state index contributed by atoms with van der Waals surface area (Å²) in [4.78, 5) is -0.0693. The molecule has 0 heterocycles. The molecule has 4 nitrogen and oxygen atoms in total. The van der Waals surface area contributed by atoms with Crippen LogP contribution in [0.4, 0.5) is 4.39 Å². The summed E-state index contributed by atoms with van der Waals surface area (Å²) in [6, 6.07) is 2.20. The van der Waals surface area contributed by atoms with Gasteiger partial charge in [0.1, 0.15) is 5.82 Å². The van der Waals surface area contributed by atoms with E-state index in [0.29, 0.717) is 18.7 Å². The summed E-state index contributed by atoms with van der Waals surface area (Å²) in [6.07, 6.45) is 0. The fourth-order valence-electron chi connectivity index (χ4n) is 2.03. The van der Waals surface area contributed by atoms with Crippen molar-refractivity contribution < 1.29 is 12.8 Å². The third-order valence-corrected chi connectivity index (χ3v) is 5.49. The molecular formula is C13H20ClFN2O2S. The SMILES string of the molecule is CCN(C(C)C)S(=O)(=O)c1cc(F)c(Cl)c(CNC)c1. The molecule has 0 amide bonds. The van der Waals surface area contributed by atoms with E-state index in [1.54, 1.807) is 27.8 Å². The standard InChI is InChI=1S/C13H20ClFN2O2S/c1-5-17(9(2)3)20(18,19)11-6-10(8-16-4)13(14)12(15)7-11/h6-7,9,16H,5,8H2,1-4H3. The Morgan fingerprint density at radius 2 is 2.00 bits per heavy atom. The van der Waals surface area contributed by atoms with E-state index in [1.807, 2.05) is 0 Å². The lowest BCUT2D eigenvalue weighted by Gasteiger charge is -2.24. The molecule has 0 saturated carbocycles. The summed E-state index contributed by atoms with van der Waals surface area (Å²) < 4.78 is 40.2. The quantitative estimate of drug-likeness (QED) is 0.876. The van der Waals surface area contributed by atoms with Crippen LogP contribution in [0.1, 0.15) is 26.3 Å². The third kappa shape index (κ3) is 3.49. The number of sulfonamides is 1. The zero-order valence-electron chi connectivity index (χ0n) is 12.1. The van der Waals surface area contributed by atoms with Gasteiger partial charge in [-0.3, -0.25) is 0 Å². The molecule has 0 aromatic heterocycles. The van der Waals surface area contributed by atoms with E-state index in [0.717, 1.165) is 6.07 Å². The van der Waals surface area contributed by atoms with Crippen molar-refractivity contribution in [2.24, 2.45) is 0 Å². The van der Waals surface area contributed by atoms with Crippen LogP contribution in [0.3, 0.4) is 0 Å². The lowest BCUT2D eigenvalue weighted by molar-refractivity contribution is 0.369. The molecule has 0 radical (unpaired) electrons. The second kappa shape index (κ2) is 6.85. The lowest BCUT2D eigenvalue weighted by atomic mass is 10.2. The van der Waals surface area contributed by atoms with Crippen LogP contribution in [0.25, 0.3) is 0 Å². The predicted molar refractivity (Wildman–Crippen MR) is 78.9 cm³/mol. The van der Waals surface area contributed by atoms with E-state index in [9.17, 15) is 12.8 Å². The molecule has 0 atom stereocenters. The summed E-state index contributed by atoms with van der Waals surface area (Å²) in [5.74, 6) is -0.724. The van der Waals surface area contributed by atoms with Gasteiger partial charge < -0.3 is 5.32 Å². The van der Waals surface area contributed by atoms with Gasteiger partial charge in [0.25, 0.3) is 0 Å². The van der Waals surface area contributed by atoms with Gasteiger partial charge in [-0.2, -0.15) is 4.31 Å². The fourth-order valence-corrected chi connectivity index (χ4v) is 3.92. The molecule has 1 aromatic rings. The zero-order valence-corrected chi connectivity index (χ0v) is 13.6. The average molecular weight is 323 g/mol. The second-order valence-corrected chi connectivity index (χ2v) is 6.98. The van der Waals surface area contributed by atoms with Crippen molar-refractivity contribution in [1.82, 2.24) is 9.62 Å². The summed E-state index contributed by atoms with van der Waals surface area (Å²) in [7, 11) is -2.04. The molecule has 1 rings (SSSR count). The van der Waals surface area contributed by atoms with Gasteiger partial charge in [0, 0.05) is 19.1 Å². The lowest BCUT2D eigenvalue weighted by Crippen LogP contribution is -2.36. The van der Waals surface area contributed by atoms with Crippen molar-refractivity contribution in [2.45, 2.75) is 38.3 Å². The molecular weight excluding hydrogens is 303 g/mol. The molecule has 7 heteroatoms. The van der Waals surface area contributed by atoms with Gasteiger partial charge in [-0.15, -0.1) is 0 Å². The first-order chi connectivity index (χ1) is 9.25. The molecule has 20 heavy (non-hydrogen) atoms. The van der Waals surface area contributed by atoms with Crippen molar-refractivity contribution in [3.05, 3.63) is 28.5 Å². The molecule has 0 aliphatic carbocycles. The Kier molecular flexibility index (Phi) is 5.94. The van der Waals surface area contributed by atoms with Crippen molar-refractivity contribution in [3.63, 3.8) is 0 Å². The highest BCUT2D eigenvalue weighted by molar-refractivity contribution is 7.89. The minimum Gasteiger partial charge on any atom is -0.316 e. The van der Waals surface area contributed by atoms with Crippen molar-refractivity contribution in [1.29, 1.82) is 0 Å². The zero-order chi connectivity index (χ0) is 15.5. The van der Waals surface area contributed by atoms with Gasteiger partial charge in [0.05, 0.1) is 9.92 Å². The molecule has 0 saturated heterocycles. The normalized spacial score (nSPS) is 12.4. The van der Waals surface area contributed by atoms with Crippen LogP contribution in [0, 0.1) is 5.82 Å². The molecule has 1 N–H and O–H groups in total. The number of rotatable bonds is 6. The fraction of sp³-hybridized carbons (Fsp3) is 0.538. The number of nitrogens with one attached hydrogen (secondary N) is 1. The Labute approximate surface area is 125 Å². The monoisotopic (exact) mass is 322 g/mol. The third-order valence-electron chi connectivity index (χ3n) is 2.94. The first-order valence-corrected chi connectivity index (χ1v) is 8.21. The van der Waals surface area contributed by atoms with E-state index in [2.05, 4.69) is 5.32 Å². The first kappa shape index (κ1) is 17.4. The van der Waals surface area contributed by atoms with Crippen molar-refractivity contribution >= 4 is 21.6 Å². The summed E-state index contributed by atoms with van der Waals surface area (Å²) >= 11 is 5.85. The maximum Gasteiger partial charge on any atom is 0.243 e. The Morgan fingerprint density at radius 3 is 2.45 bits per heavy atom. The summed E-state index contributed by atoms with van der Waals surface area (Å²) in [6.45, 7) is 5.93. The minimum atomic E-state index is -3.72. The first-order valence-electron chi connectivity index (χ1n) is 6.40. The second-order valence-electron chi connectivity index (χ2n) is 4.71. The highest BCUT2D eigenvalue weighted by Gasteiger charge is 2.27. The van der Waals surface area contributed by atoms with Gasteiger partial charge in [0.2, 0.25) is 10.0 Å². The van der Waals surface area contributed by atoms with Crippen LogP contribution < -0.4 is 5.32 Å². The Balaban J connectivity index is 3.39. The molecule has 0 aliphatic heterocycles. The molecule has 0 aliphatic rings. The molecule has 0 spiro atoms. The van der Waals surface area contributed by atoms with Crippen LogP contribution in [0.2, 0.25) is 5.02 Å². The van der Waals surface area contributed by atoms with Gasteiger partial charge in [-0.1, -0.05) is 18.5 Å². The van der Waals surface area contributed by atoms with E-state index >= 15 is 0 Å². The van der Waals surface area contributed by atoms with Crippen LogP contribution in [-0.4, -0.2) is 32.4 Å². The van der Waals surface area contributed by atoms with Crippen LogP contribution >= 0.6 is 11.6 Å². The topological polar surface area (TPSA) is 49.4 Å². The highest BCUT2D eigenvalue weighted by atomic mass is 35.5. The van der Waals surface area contributed by atoms with Crippen LogP contribution in [0.15, 0.2) is 17.0 Å².